The number of methoxy groups -OCH3 is 1. The van der Waals surface area contributed by atoms with Gasteiger partial charge in [-0.25, -0.2) is 0 Å². The smallest absolute Gasteiger partial charge is 0.393 e. The number of nitrogens with zero attached hydrogens (tertiary/aromatic N) is 4. The fraction of sp³-hybridized carbons (Fsp3) is 0.370. The fourth-order valence-corrected chi connectivity index (χ4v) is 5.98. The van der Waals surface area contributed by atoms with E-state index in [0.29, 0.717) is 35.4 Å². The van der Waals surface area contributed by atoms with Crippen LogP contribution < -0.4 is 20.3 Å². The molecule has 1 aliphatic carbocycles. The Kier molecular flexibility index (Phi) is 9.34. The molecule has 3 N–H and O–H groups in total. The van der Waals surface area contributed by atoms with Gasteiger partial charge in [0.2, 0.25) is 0 Å². The number of benzene rings is 1. The van der Waals surface area contributed by atoms with Crippen LogP contribution >= 0.6 is 23.7 Å². The monoisotopic (exact) mass is 594 g/mol. The predicted octanol–water partition coefficient (Wildman–Crippen LogP) is 5.48. The Morgan fingerprint density at radius 2 is 1.93 bits per heavy atom. The summed E-state index contributed by atoms with van der Waals surface area (Å²) in [6.07, 6.45) is -1.33. The summed E-state index contributed by atoms with van der Waals surface area (Å²) in [7, 11) is 3.22. The van der Waals surface area contributed by atoms with E-state index in [1.165, 1.54) is 13.2 Å². The molecule has 4 aromatic rings. The van der Waals surface area contributed by atoms with Crippen LogP contribution in [0.15, 0.2) is 54.9 Å². The zero-order valence-corrected chi connectivity index (χ0v) is 23.5. The van der Waals surface area contributed by atoms with Crippen LogP contribution in [0.1, 0.15) is 23.3 Å². The summed E-state index contributed by atoms with van der Waals surface area (Å²) in [6, 6.07) is 13.2. The Balaban J connectivity index is 0.00000370. The number of pyridine rings is 1. The standard InChI is InChI=1S/C27H29F3N6O2S.ClH/c1-36(24-21-12-20(13-27(28,29)30)39-25(21)35-26(34-24)38-2)22-10-19(11-23(22)37)32-14-16-5-3-6-17(9-16)33-18-7-4-8-31-15-18;/h3-9,12,15,19,22-23,32-33,37H,10-11,13-14H2,1-2H3;1H/t19-,22+,23-;/m1./s1. The van der Waals surface area contributed by atoms with Gasteiger partial charge in [-0.3, -0.25) is 4.98 Å². The van der Waals surface area contributed by atoms with Gasteiger partial charge in [-0.05, 0) is 48.7 Å². The van der Waals surface area contributed by atoms with Crippen LogP contribution in [0.2, 0.25) is 0 Å². The molecule has 1 fully saturated rings. The molecular formula is C27H30ClF3N6O2S. The van der Waals surface area contributed by atoms with Gasteiger partial charge >= 0.3 is 12.2 Å². The highest BCUT2D eigenvalue weighted by Gasteiger charge is 2.37. The van der Waals surface area contributed by atoms with Crippen molar-refractivity contribution in [2.24, 2.45) is 0 Å². The number of aliphatic hydroxyl groups excluding tert-OH is 1. The zero-order chi connectivity index (χ0) is 27.6. The molecule has 0 saturated heterocycles. The molecule has 0 unspecified atom stereocenters. The van der Waals surface area contributed by atoms with Gasteiger partial charge in [0, 0.05) is 36.4 Å². The zero-order valence-electron chi connectivity index (χ0n) is 21.9. The summed E-state index contributed by atoms with van der Waals surface area (Å²) in [5.74, 6) is 0.445. The molecule has 1 aliphatic rings. The number of ether oxygens (including phenoxy) is 1. The van der Waals surface area contributed by atoms with Gasteiger partial charge < -0.3 is 25.4 Å². The first-order valence-corrected chi connectivity index (χ1v) is 13.3. The molecule has 1 saturated carbocycles. The number of hydrogen-bond acceptors (Lipinski definition) is 9. The number of aliphatic hydroxyl groups is 1. The maximum Gasteiger partial charge on any atom is 0.393 e. The van der Waals surface area contributed by atoms with Crippen molar-refractivity contribution < 1.29 is 23.0 Å². The number of fused-ring (bicyclic) bond motifs is 1. The highest BCUT2D eigenvalue weighted by molar-refractivity contribution is 7.18. The van der Waals surface area contributed by atoms with E-state index in [0.717, 1.165) is 28.3 Å². The third kappa shape index (κ3) is 7.11. The molecule has 0 bridgehead atoms. The Bertz CT molecular complexity index is 1420. The van der Waals surface area contributed by atoms with Crippen molar-refractivity contribution in [1.82, 2.24) is 20.3 Å². The second kappa shape index (κ2) is 12.5. The first kappa shape index (κ1) is 29.8. The third-order valence-electron chi connectivity index (χ3n) is 6.76. The normalized spacial score (nSPS) is 18.9. The van der Waals surface area contributed by atoms with Gasteiger partial charge in [0.25, 0.3) is 0 Å². The second-order valence-corrected chi connectivity index (χ2v) is 10.7. The van der Waals surface area contributed by atoms with Crippen LogP contribution in [0, 0.1) is 0 Å². The molecule has 8 nitrogen and oxygen atoms in total. The predicted molar refractivity (Wildman–Crippen MR) is 153 cm³/mol. The van der Waals surface area contributed by atoms with E-state index in [2.05, 4.69) is 31.7 Å². The van der Waals surface area contributed by atoms with E-state index in [9.17, 15) is 18.3 Å². The van der Waals surface area contributed by atoms with Crippen molar-refractivity contribution in [3.8, 4) is 6.01 Å². The molecule has 0 radical (unpaired) electrons. The van der Waals surface area contributed by atoms with Gasteiger partial charge in [-0.15, -0.1) is 23.7 Å². The molecular weight excluding hydrogens is 565 g/mol. The van der Waals surface area contributed by atoms with Crippen molar-refractivity contribution in [3.05, 3.63) is 65.3 Å². The van der Waals surface area contributed by atoms with E-state index in [-0.39, 0.29) is 35.4 Å². The molecule has 40 heavy (non-hydrogen) atoms. The first-order chi connectivity index (χ1) is 18.7. The minimum absolute atomic E-state index is 0. The topological polar surface area (TPSA) is 95.4 Å². The van der Waals surface area contributed by atoms with Crippen molar-refractivity contribution in [1.29, 1.82) is 0 Å². The third-order valence-corrected chi connectivity index (χ3v) is 7.79. The summed E-state index contributed by atoms with van der Waals surface area (Å²) in [4.78, 5) is 15.2. The number of halogens is 4. The lowest BCUT2D eigenvalue weighted by atomic mass is 10.1. The fourth-order valence-electron chi connectivity index (χ4n) is 4.94. The summed E-state index contributed by atoms with van der Waals surface area (Å²) < 4.78 is 44.3. The molecule has 3 atom stereocenters. The summed E-state index contributed by atoms with van der Waals surface area (Å²) in [5.41, 5.74) is 2.95. The SMILES string of the molecule is COc1nc(N(C)[C@H]2C[C@@H](NCc3cccc(Nc4cccnc4)c3)C[C@H]2O)c2cc(CC(F)(F)F)sc2n1.Cl. The average molecular weight is 595 g/mol. The molecule has 0 amide bonds. The lowest BCUT2D eigenvalue weighted by Crippen LogP contribution is -2.38. The number of rotatable bonds is 9. The highest BCUT2D eigenvalue weighted by atomic mass is 35.5. The van der Waals surface area contributed by atoms with E-state index >= 15 is 0 Å². The van der Waals surface area contributed by atoms with Gasteiger partial charge in [-0.2, -0.15) is 23.1 Å². The van der Waals surface area contributed by atoms with Crippen LogP contribution in [-0.4, -0.2) is 58.6 Å². The van der Waals surface area contributed by atoms with Crippen LogP contribution in [0.25, 0.3) is 10.2 Å². The molecule has 214 valence electrons. The Morgan fingerprint density at radius 1 is 1.12 bits per heavy atom. The number of likely N-dealkylation sites (N-methyl/N-ethyl adjacent to an activating group) is 1. The van der Waals surface area contributed by atoms with Crippen LogP contribution in [0.3, 0.4) is 0 Å². The highest BCUT2D eigenvalue weighted by Crippen LogP contribution is 2.37. The maximum atomic E-state index is 13.0. The second-order valence-electron chi connectivity index (χ2n) is 9.62. The van der Waals surface area contributed by atoms with Crippen molar-refractivity contribution in [2.45, 2.75) is 50.2 Å². The van der Waals surface area contributed by atoms with E-state index < -0.39 is 18.7 Å². The number of aromatic nitrogens is 3. The molecule has 1 aromatic carbocycles. The van der Waals surface area contributed by atoms with E-state index in [4.69, 9.17) is 4.74 Å². The number of hydrogen-bond donors (Lipinski definition) is 3. The van der Waals surface area contributed by atoms with E-state index in [1.807, 2.05) is 35.2 Å². The van der Waals surface area contributed by atoms with Crippen LogP contribution in [-0.2, 0) is 13.0 Å². The van der Waals surface area contributed by atoms with Crippen molar-refractivity contribution in [3.63, 3.8) is 0 Å². The Hall–Kier alpha value is -3.19. The minimum atomic E-state index is -4.32. The molecule has 0 aliphatic heterocycles. The number of thiophene rings is 1. The summed E-state index contributed by atoms with van der Waals surface area (Å²) in [6.45, 7) is 0.618. The number of anilines is 3. The maximum absolute atomic E-state index is 13.0. The van der Waals surface area contributed by atoms with Gasteiger partial charge in [-0.1, -0.05) is 12.1 Å². The summed E-state index contributed by atoms with van der Waals surface area (Å²) >= 11 is 0.975. The molecule has 0 spiro atoms. The van der Waals surface area contributed by atoms with Crippen LogP contribution in [0.5, 0.6) is 6.01 Å². The Labute approximate surface area is 240 Å². The van der Waals surface area contributed by atoms with Crippen molar-refractivity contribution >= 4 is 51.2 Å². The van der Waals surface area contributed by atoms with E-state index in [1.54, 1.807) is 19.4 Å². The van der Waals surface area contributed by atoms with Gasteiger partial charge in [0.05, 0.1) is 42.9 Å². The van der Waals surface area contributed by atoms with Gasteiger partial charge in [0.1, 0.15) is 10.6 Å². The lowest BCUT2D eigenvalue weighted by Gasteiger charge is -2.28. The van der Waals surface area contributed by atoms with Crippen molar-refractivity contribution in [2.75, 3.05) is 24.4 Å². The largest absolute Gasteiger partial charge is 0.467 e. The molecule has 5 rings (SSSR count). The quantitative estimate of drug-likeness (QED) is 0.234. The minimum Gasteiger partial charge on any atom is -0.467 e. The summed E-state index contributed by atoms with van der Waals surface area (Å²) in [5, 5.41) is 18.3. The molecule has 3 heterocycles. The number of alkyl halides is 3. The molecule has 13 heteroatoms. The van der Waals surface area contributed by atoms with Gasteiger partial charge in [0.15, 0.2) is 0 Å². The Morgan fingerprint density at radius 3 is 2.65 bits per heavy atom. The average Bonchev–Trinajstić information content (AvgIpc) is 3.48. The molecule has 3 aromatic heterocycles. The lowest BCUT2D eigenvalue weighted by molar-refractivity contribution is -0.126. The van der Waals surface area contributed by atoms with Crippen LogP contribution in [0.4, 0.5) is 30.4 Å². The number of nitrogens with one attached hydrogen (secondary N) is 2. The first-order valence-electron chi connectivity index (χ1n) is 12.5.